The molecule has 0 bridgehead atoms. The maximum absolute atomic E-state index is 14.2. The fourth-order valence-electron chi connectivity index (χ4n) is 9.57. The van der Waals surface area contributed by atoms with Crippen molar-refractivity contribution < 1.29 is 108 Å². The molecule has 0 aromatic heterocycles. The number of carbonyl (C=O) groups excluding carboxylic acids is 2. The van der Waals surface area contributed by atoms with Crippen LogP contribution in [0.25, 0.3) is 0 Å². The van der Waals surface area contributed by atoms with Crippen LogP contribution in [0.3, 0.4) is 0 Å². The van der Waals surface area contributed by atoms with E-state index in [0.29, 0.717) is 0 Å². The number of thioether (sulfide) groups is 1. The Morgan fingerprint density at radius 1 is 0.778 bits per heavy atom. The Labute approximate surface area is 364 Å². The summed E-state index contributed by atoms with van der Waals surface area (Å²) < 4.78 is 53.5. The van der Waals surface area contributed by atoms with Crippen LogP contribution >= 0.6 is 11.8 Å². The first-order chi connectivity index (χ1) is 29.8. The highest BCUT2D eigenvalue weighted by Gasteiger charge is 2.74. The molecule has 1 saturated carbocycles. The number of hydrogen-bond acceptors (Lipinski definition) is 23. The highest BCUT2D eigenvalue weighted by molar-refractivity contribution is 8.00. The van der Waals surface area contributed by atoms with Gasteiger partial charge in [-0.2, -0.15) is 11.8 Å². The molecule has 6 heterocycles. The molecule has 6 saturated heterocycles. The quantitative estimate of drug-likeness (QED) is 0.105. The lowest BCUT2D eigenvalue weighted by Gasteiger charge is -2.48. The third kappa shape index (κ3) is 8.33. The van der Waals surface area contributed by atoms with Crippen molar-refractivity contribution in [1.82, 2.24) is 0 Å². The van der Waals surface area contributed by atoms with Crippen LogP contribution in [-0.2, 0) is 47.4 Å². The van der Waals surface area contributed by atoms with E-state index in [1.807, 2.05) is 0 Å². The average Bonchev–Trinajstić information content (AvgIpc) is 3.75. The van der Waals surface area contributed by atoms with Crippen LogP contribution in [0, 0.1) is 11.8 Å². The van der Waals surface area contributed by atoms with Crippen LogP contribution in [0.1, 0.15) is 44.0 Å². The third-order valence-corrected chi connectivity index (χ3v) is 15.0. The summed E-state index contributed by atoms with van der Waals surface area (Å²) >= 11 is 1.27. The second-order valence-electron chi connectivity index (χ2n) is 17.6. The molecule has 354 valence electrons. The second-order valence-corrected chi connectivity index (χ2v) is 18.8. The van der Waals surface area contributed by atoms with Gasteiger partial charge in [-0.15, -0.1) is 0 Å². The van der Waals surface area contributed by atoms with E-state index in [4.69, 9.17) is 42.6 Å². The van der Waals surface area contributed by atoms with Gasteiger partial charge in [0.25, 0.3) is 0 Å². The van der Waals surface area contributed by atoms with Crippen molar-refractivity contribution in [3.8, 4) is 5.75 Å². The molecule has 1 aromatic rings. The van der Waals surface area contributed by atoms with Gasteiger partial charge in [-0.3, -0.25) is 4.79 Å². The van der Waals surface area contributed by atoms with Crippen LogP contribution in [0.4, 0.5) is 0 Å². The molecule has 7 fully saturated rings. The molecule has 1 spiro atoms. The maximum atomic E-state index is 14.2. The number of Topliss-reactive ketones (excluding diaryl/α,β-unsaturated/α-hetero) is 1. The lowest BCUT2D eigenvalue weighted by Crippen LogP contribution is -2.66. The maximum Gasteiger partial charge on any atom is 0.338 e. The van der Waals surface area contributed by atoms with E-state index in [0.717, 1.165) is 0 Å². The lowest BCUT2D eigenvalue weighted by molar-refractivity contribution is -0.386. The van der Waals surface area contributed by atoms with Crippen molar-refractivity contribution in [2.45, 2.75) is 167 Å². The summed E-state index contributed by atoms with van der Waals surface area (Å²) in [7, 11) is 0. The van der Waals surface area contributed by atoms with E-state index >= 15 is 0 Å². The van der Waals surface area contributed by atoms with Gasteiger partial charge in [-0.05, 0) is 44.5 Å². The summed E-state index contributed by atoms with van der Waals surface area (Å²) in [5.41, 5.74) is -2.27. The average molecular weight is 921 g/mol. The SMILES string of the molecule is C[C@@H]1CO[C@@]2(C[C@@H]1OC(=O)c1ccc(O)cc1)O[C@@H]1[C@H]3SC[C@H](O[C@@H]4O[C@H](C)[C@@H](O)[C@H](O)[C@H]4O[C@@H]4O[C@H](CO)[C@@H](O)[C@H](O[C@@H]5O[C@@H](C)[C@H](O)[C@@H](O)[C@H]5O)[C@H]4O)[C@H]3C[C@H](O)[C@]1(O)C2=O. The number of phenols is 1. The number of ether oxygens (including phenoxy) is 9. The zero-order valence-electron chi connectivity index (χ0n) is 34.4. The van der Waals surface area contributed by atoms with E-state index in [1.165, 1.54) is 49.9 Å². The van der Waals surface area contributed by atoms with E-state index < -0.39 is 163 Å². The molecule has 8 rings (SSSR count). The summed E-state index contributed by atoms with van der Waals surface area (Å²) in [5, 5.41) is 118. The minimum absolute atomic E-state index is 0.0489. The number of esters is 1. The first kappa shape index (κ1) is 47.3. The van der Waals surface area contributed by atoms with Gasteiger partial charge in [0, 0.05) is 29.3 Å². The number of aromatic hydroxyl groups is 1. The van der Waals surface area contributed by atoms with E-state index in [1.54, 1.807) is 6.92 Å². The molecule has 23 heteroatoms. The minimum Gasteiger partial charge on any atom is -0.508 e. The molecular weight excluding hydrogens is 864 g/mol. The lowest BCUT2D eigenvalue weighted by atomic mass is 9.70. The molecular formula is C40H56O22S. The Morgan fingerprint density at radius 2 is 1.41 bits per heavy atom. The predicted molar refractivity (Wildman–Crippen MR) is 206 cm³/mol. The molecule has 0 amide bonds. The van der Waals surface area contributed by atoms with Crippen molar-refractivity contribution in [3.63, 3.8) is 0 Å². The molecule has 7 aliphatic rings. The first-order valence-electron chi connectivity index (χ1n) is 21.0. The van der Waals surface area contributed by atoms with Crippen molar-refractivity contribution in [2.24, 2.45) is 11.8 Å². The van der Waals surface area contributed by atoms with Crippen LogP contribution in [-0.4, -0.2) is 220 Å². The molecule has 0 radical (unpaired) electrons. The van der Waals surface area contributed by atoms with Gasteiger partial charge in [0.15, 0.2) is 24.5 Å². The largest absolute Gasteiger partial charge is 0.508 e. The Balaban J connectivity index is 0.977. The summed E-state index contributed by atoms with van der Waals surface area (Å²) in [5.74, 6) is -4.61. The monoisotopic (exact) mass is 920 g/mol. The van der Waals surface area contributed by atoms with Crippen LogP contribution in [0.5, 0.6) is 5.75 Å². The number of fused-ring (bicyclic) bond motifs is 3. The van der Waals surface area contributed by atoms with Gasteiger partial charge in [-0.25, -0.2) is 4.79 Å². The van der Waals surface area contributed by atoms with Gasteiger partial charge in [-0.1, -0.05) is 6.92 Å². The fraction of sp³-hybridized carbons (Fsp3) is 0.800. The van der Waals surface area contributed by atoms with Crippen molar-refractivity contribution in [2.75, 3.05) is 19.0 Å². The molecule has 0 unspecified atom stereocenters. The highest BCUT2D eigenvalue weighted by atomic mass is 32.2. The van der Waals surface area contributed by atoms with E-state index in [2.05, 4.69) is 0 Å². The van der Waals surface area contributed by atoms with Gasteiger partial charge in [0.2, 0.25) is 11.6 Å². The topological polar surface area (TPSA) is 340 Å². The smallest absolute Gasteiger partial charge is 0.338 e. The van der Waals surface area contributed by atoms with Gasteiger partial charge in [0.1, 0.15) is 79.0 Å². The molecule has 22 nitrogen and oxygen atoms in total. The predicted octanol–water partition coefficient (Wildman–Crippen LogP) is -4.25. The van der Waals surface area contributed by atoms with Gasteiger partial charge >= 0.3 is 5.97 Å². The number of rotatable bonds is 9. The molecule has 63 heavy (non-hydrogen) atoms. The van der Waals surface area contributed by atoms with Crippen LogP contribution < -0.4 is 0 Å². The highest BCUT2D eigenvalue weighted by Crippen LogP contribution is 2.56. The van der Waals surface area contributed by atoms with Gasteiger partial charge < -0.3 is 98.8 Å². The number of phenolic OH excluding ortho intramolecular Hbond substituents is 1. The number of carbonyl (C=O) groups is 2. The molecule has 1 aromatic carbocycles. The Hall–Kier alpha value is -2.21. The fourth-order valence-corrected chi connectivity index (χ4v) is 11.3. The summed E-state index contributed by atoms with van der Waals surface area (Å²) in [6, 6.07) is 5.41. The number of aliphatic hydroxyl groups is 10. The Bertz CT molecular complexity index is 1800. The Kier molecular flexibility index (Phi) is 13.6. The summed E-state index contributed by atoms with van der Waals surface area (Å²) in [6.45, 7) is 3.69. The zero-order valence-corrected chi connectivity index (χ0v) is 35.2. The number of hydrogen-bond donors (Lipinski definition) is 11. The summed E-state index contributed by atoms with van der Waals surface area (Å²) in [6.07, 6.45) is -29.2. The number of ketones is 1. The number of aliphatic hydroxyl groups excluding tert-OH is 9. The number of benzene rings is 1. The van der Waals surface area contributed by atoms with Crippen molar-refractivity contribution in [1.29, 1.82) is 0 Å². The normalized spacial score (nSPS) is 51.2. The standard InChI is InChI=1S/C40H56O22S/c1-13-11-54-39(9-19(13)57-34(51)16-4-6-17(42)7-5-16)38(52)40(53)22(43)8-18-21(12-63-32(18)33(40)62-39)59-37-31(27(48)24(45)15(3)56-37)61-36-29(50)30(25(46)20(10-41)58-36)60-35-28(49)26(47)23(44)14(2)55-35/h4-7,13-15,18-33,35-37,41-50,53H,8-12H2,1-3H3/t13-,14+,15-,18-,19+,20-,21+,22+,23+,24-,25-,26-,27+,28-,29-,30+,31-,32+,33-,35+,36+,37+,39+,40-/m1/s1. The first-order valence-corrected chi connectivity index (χ1v) is 22.0. The van der Waals surface area contributed by atoms with E-state index in [9.17, 15) is 65.8 Å². The molecule has 11 N–H and O–H groups in total. The van der Waals surface area contributed by atoms with Crippen LogP contribution in [0.15, 0.2) is 24.3 Å². The van der Waals surface area contributed by atoms with E-state index in [-0.39, 0.29) is 36.5 Å². The minimum atomic E-state index is -2.42. The van der Waals surface area contributed by atoms with Crippen molar-refractivity contribution >= 4 is 23.5 Å². The molecule has 1 aliphatic carbocycles. The van der Waals surface area contributed by atoms with Crippen LogP contribution in [0.2, 0.25) is 0 Å². The Morgan fingerprint density at radius 3 is 2.10 bits per heavy atom. The second kappa shape index (κ2) is 18.1. The summed E-state index contributed by atoms with van der Waals surface area (Å²) in [4.78, 5) is 27.3. The van der Waals surface area contributed by atoms with Gasteiger partial charge in [0.05, 0.1) is 43.2 Å². The zero-order chi connectivity index (χ0) is 45.4. The van der Waals surface area contributed by atoms with Crippen molar-refractivity contribution in [3.05, 3.63) is 29.8 Å². The molecule has 24 atom stereocenters. The molecule has 6 aliphatic heterocycles. The third-order valence-electron chi connectivity index (χ3n) is 13.5.